The summed E-state index contributed by atoms with van der Waals surface area (Å²) in [5.74, 6) is 0. The third-order valence-electron chi connectivity index (χ3n) is 2.18. The summed E-state index contributed by atoms with van der Waals surface area (Å²) >= 11 is 0. The van der Waals surface area contributed by atoms with E-state index in [0.717, 1.165) is 11.4 Å². The van der Waals surface area contributed by atoms with Crippen LogP contribution in [0.2, 0.25) is 0 Å². The lowest BCUT2D eigenvalue weighted by atomic mass is 10.3. The minimum Gasteiger partial charge on any atom is -0.351 e. The topological polar surface area (TPSA) is 72.9 Å². The Hall–Kier alpha value is -2.30. The standard InChI is InChI=1S/C11H12N4O/c1-8-10(13-11(12)16)7-15(14-8)9-5-3-2-4-6-9/h2-7H,1H3,(H3,12,13,16). The fourth-order valence-corrected chi connectivity index (χ4v) is 1.43. The fraction of sp³-hybridized carbons (Fsp3) is 0.0909. The van der Waals surface area contributed by atoms with Crippen LogP contribution < -0.4 is 11.1 Å². The number of anilines is 1. The molecule has 2 rings (SSSR count). The SMILES string of the molecule is Cc1nn(-c2ccccc2)cc1NC(N)=O. The smallest absolute Gasteiger partial charge is 0.316 e. The van der Waals surface area contributed by atoms with E-state index in [1.807, 2.05) is 37.3 Å². The fourth-order valence-electron chi connectivity index (χ4n) is 1.43. The molecule has 0 aliphatic carbocycles. The van der Waals surface area contributed by atoms with Crippen LogP contribution in [0.5, 0.6) is 0 Å². The van der Waals surface area contributed by atoms with E-state index in [2.05, 4.69) is 10.4 Å². The Kier molecular flexibility index (Phi) is 2.59. The van der Waals surface area contributed by atoms with Gasteiger partial charge in [-0.1, -0.05) is 18.2 Å². The van der Waals surface area contributed by atoms with Gasteiger partial charge in [0.25, 0.3) is 0 Å². The summed E-state index contributed by atoms with van der Waals surface area (Å²) in [4.78, 5) is 10.7. The number of para-hydroxylation sites is 1. The number of hydrogen-bond acceptors (Lipinski definition) is 2. The molecular formula is C11H12N4O. The van der Waals surface area contributed by atoms with Crippen LogP contribution in [-0.2, 0) is 0 Å². The summed E-state index contributed by atoms with van der Waals surface area (Å²) in [6.07, 6.45) is 1.73. The van der Waals surface area contributed by atoms with Crippen molar-refractivity contribution in [1.82, 2.24) is 9.78 Å². The van der Waals surface area contributed by atoms with E-state index >= 15 is 0 Å². The highest BCUT2D eigenvalue weighted by Crippen LogP contribution is 2.15. The van der Waals surface area contributed by atoms with Gasteiger partial charge in [-0.25, -0.2) is 9.48 Å². The average molecular weight is 216 g/mol. The minimum absolute atomic E-state index is 0.587. The second-order valence-electron chi connectivity index (χ2n) is 3.40. The maximum atomic E-state index is 10.7. The molecule has 5 heteroatoms. The second-order valence-corrected chi connectivity index (χ2v) is 3.40. The van der Waals surface area contributed by atoms with Crippen LogP contribution in [0.3, 0.4) is 0 Å². The monoisotopic (exact) mass is 216 g/mol. The van der Waals surface area contributed by atoms with Gasteiger partial charge in [0.15, 0.2) is 0 Å². The Bertz CT molecular complexity index is 504. The van der Waals surface area contributed by atoms with E-state index in [1.165, 1.54) is 0 Å². The zero-order valence-corrected chi connectivity index (χ0v) is 8.84. The molecule has 16 heavy (non-hydrogen) atoms. The number of amides is 2. The van der Waals surface area contributed by atoms with Crippen molar-refractivity contribution < 1.29 is 4.79 Å². The Labute approximate surface area is 92.9 Å². The van der Waals surface area contributed by atoms with Crippen LogP contribution in [0, 0.1) is 6.92 Å². The number of hydrogen-bond donors (Lipinski definition) is 2. The zero-order valence-electron chi connectivity index (χ0n) is 8.84. The quantitative estimate of drug-likeness (QED) is 0.801. The van der Waals surface area contributed by atoms with E-state index in [-0.39, 0.29) is 0 Å². The number of nitrogens with two attached hydrogens (primary N) is 1. The average Bonchev–Trinajstić information content (AvgIpc) is 2.61. The third-order valence-corrected chi connectivity index (χ3v) is 2.18. The van der Waals surface area contributed by atoms with Crippen LogP contribution in [0.25, 0.3) is 5.69 Å². The molecule has 0 bridgehead atoms. The molecule has 0 saturated heterocycles. The largest absolute Gasteiger partial charge is 0.351 e. The van der Waals surface area contributed by atoms with E-state index in [1.54, 1.807) is 10.9 Å². The van der Waals surface area contributed by atoms with Gasteiger partial charge in [-0.2, -0.15) is 5.10 Å². The van der Waals surface area contributed by atoms with E-state index in [0.29, 0.717) is 5.69 Å². The molecule has 1 aromatic carbocycles. The Morgan fingerprint density at radius 1 is 1.38 bits per heavy atom. The number of urea groups is 1. The highest BCUT2D eigenvalue weighted by molar-refractivity contribution is 5.88. The predicted molar refractivity (Wildman–Crippen MR) is 61.5 cm³/mol. The Morgan fingerprint density at radius 3 is 2.69 bits per heavy atom. The van der Waals surface area contributed by atoms with Crippen LogP contribution in [0.4, 0.5) is 10.5 Å². The molecule has 0 spiro atoms. The normalized spacial score (nSPS) is 10.1. The molecule has 2 amide bonds. The summed E-state index contributed by atoms with van der Waals surface area (Å²) < 4.78 is 1.70. The molecule has 0 radical (unpaired) electrons. The lowest BCUT2D eigenvalue weighted by molar-refractivity contribution is 0.259. The summed E-state index contributed by atoms with van der Waals surface area (Å²) in [5, 5.41) is 6.80. The number of carbonyl (C=O) groups excluding carboxylic acids is 1. The second kappa shape index (κ2) is 4.06. The predicted octanol–water partition coefficient (Wildman–Crippen LogP) is 1.67. The number of primary amides is 1. The number of aryl methyl sites for hydroxylation is 1. The van der Waals surface area contributed by atoms with Gasteiger partial charge >= 0.3 is 6.03 Å². The number of rotatable bonds is 2. The molecule has 0 aliphatic heterocycles. The van der Waals surface area contributed by atoms with Crippen molar-refractivity contribution in [2.24, 2.45) is 5.73 Å². The van der Waals surface area contributed by atoms with E-state index in [4.69, 9.17) is 5.73 Å². The first-order valence-corrected chi connectivity index (χ1v) is 4.85. The first-order chi connectivity index (χ1) is 7.66. The Morgan fingerprint density at radius 2 is 2.06 bits per heavy atom. The zero-order chi connectivity index (χ0) is 11.5. The highest BCUT2D eigenvalue weighted by atomic mass is 16.2. The number of benzene rings is 1. The number of aromatic nitrogens is 2. The molecule has 82 valence electrons. The molecule has 2 aromatic rings. The van der Waals surface area contributed by atoms with Crippen LogP contribution in [0.15, 0.2) is 36.5 Å². The summed E-state index contributed by atoms with van der Waals surface area (Å²) in [6.45, 7) is 1.81. The van der Waals surface area contributed by atoms with Gasteiger partial charge in [0.2, 0.25) is 0 Å². The van der Waals surface area contributed by atoms with Crippen molar-refractivity contribution in [3.05, 3.63) is 42.2 Å². The lowest BCUT2D eigenvalue weighted by Gasteiger charge is -1.99. The summed E-state index contributed by atoms with van der Waals surface area (Å²) in [5.41, 5.74) is 7.33. The van der Waals surface area contributed by atoms with Crippen LogP contribution >= 0.6 is 0 Å². The van der Waals surface area contributed by atoms with Gasteiger partial charge in [-0.05, 0) is 19.1 Å². The molecular weight excluding hydrogens is 204 g/mol. The van der Waals surface area contributed by atoms with Crippen molar-refractivity contribution >= 4 is 11.7 Å². The molecule has 5 nitrogen and oxygen atoms in total. The molecule has 0 atom stereocenters. The molecule has 3 N–H and O–H groups in total. The first-order valence-electron chi connectivity index (χ1n) is 4.85. The minimum atomic E-state index is -0.587. The number of nitrogens with zero attached hydrogens (tertiary/aromatic N) is 2. The lowest BCUT2D eigenvalue weighted by Crippen LogP contribution is -2.19. The van der Waals surface area contributed by atoms with Gasteiger partial charge < -0.3 is 11.1 Å². The van der Waals surface area contributed by atoms with Crippen molar-refractivity contribution in [2.75, 3.05) is 5.32 Å². The van der Waals surface area contributed by atoms with Crippen molar-refractivity contribution in [3.63, 3.8) is 0 Å². The van der Waals surface area contributed by atoms with E-state index in [9.17, 15) is 4.79 Å². The summed E-state index contributed by atoms with van der Waals surface area (Å²) in [6, 6.07) is 9.06. The van der Waals surface area contributed by atoms with Gasteiger partial charge in [0, 0.05) is 0 Å². The van der Waals surface area contributed by atoms with Crippen molar-refractivity contribution in [1.29, 1.82) is 0 Å². The first kappa shape index (κ1) is 10.2. The molecule has 0 fully saturated rings. The molecule has 1 aromatic heterocycles. The molecule has 1 heterocycles. The van der Waals surface area contributed by atoms with Crippen molar-refractivity contribution in [3.8, 4) is 5.69 Å². The van der Waals surface area contributed by atoms with Gasteiger partial charge in [-0.15, -0.1) is 0 Å². The van der Waals surface area contributed by atoms with Crippen LogP contribution in [0.1, 0.15) is 5.69 Å². The van der Waals surface area contributed by atoms with Crippen molar-refractivity contribution in [2.45, 2.75) is 6.92 Å². The number of carbonyl (C=O) groups is 1. The molecule has 0 unspecified atom stereocenters. The maximum Gasteiger partial charge on any atom is 0.316 e. The van der Waals surface area contributed by atoms with Crippen LogP contribution in [-0.4, -0.2) is 15.8 Å². The summed E-state index contributed by atoms with van der Waals surface area (Å²) in [7, 11) is 0. The van der Waals surface area contributed by atoms with Gasteiger partial charge in [0.1, 0.15) is 0 Å². The third kappa shape index (κ3) is 2.03. The molecule has 0 saturated carbocycles. The molecule has 0 aliphatic rings. The Balaban J connectivity index is 2.34. The maximum absolute atomic E-state index is 10.7. The highest BCUT2D eigenvalue weighted by Gasteiger charge is 2.06. The number of nitrogens with one attached hydrogen (secondary N) is 1. The van der Waals surface area contributed by atoms with E-state index < -0.39 is 6.03 Å². The van der Waals surface area contributed by atoms with Gasteiger partial charge in [0.05, 0.1) is 23.3 Å². The van der Waals surface area contributed by atoms with Gasteiger partial charge in [-0.3, -0.25) is 0 Å².